The van der Waals surface area contributed by atoms with Crippen LogP contribution < -0.4 is 10.6 Å². The minimum atomic E-state index is -4.47. The maximum absolute atomic E-state index is 12.7. The van der Waals surface area contributed by atoms with E-state index in [1.807, 2.05) is 6.92 Å². The van der Waals surface area contributed by atoms with Gasteiger partial charge >= 0.3 is 6.18 Å². The van der Waals surface area contributed by atoms with Crippen molar-refractivity contribution in [3.63, 3.8) is 0 Å². The number of rotatable bonds is 4. The average molecular weight is 274 g/mol. The lowest BCUT2D eigenvalue weighted by Crippen LogP contribution is -2.44. The van der Waals surface area contributed by atoms with Gasteiger partial charge in [-0.25, -0.2) is 4.98 Å². The summed E-state index contributed by atoms with van der Waals surface area (Å²) in [7, 11) is 1.50. The van der Waals surface area contributed by atoms with Gasteiger partial charge in [-0.3, -0.25) is 0 Å². The quantitative estimate of drug-likeness (QED) is 0.884. The van der Waals surface area contributed by atoms with Gasteiger partial charge in [-0.05, 0) is 25.7 Å². The molecular formula is C12H17F3N4. The van der Waals surface area contributed by atoms with Crippen LogP contribution in [-0.2, 0) is 6.18 Å². The maximum Gasteiger partial charge on any atom is 0.433 e. The summed E-state index contributed by atoms with van der Waals surface area (Å²) in [4.78, 5) is 7.48. The zero-order chi connectivity index (χ0) is 14.1. The second-order valence-electron chi connectivity index (χ2n) is 4.82. The summed E-state index contributed by atoms with van der Waals surface area (Å²) in [5.41, 5.74) is -1.04. The molecule has 19 heavy (non-hydrogen) atoms. The van der Waals surface area contributed by atoms with Crippen molar-refractivity contribution in [2.24, 2.45) is 0 Å². The van der Waals surface area contributed by atoms with Crippen LogP contribution in [-0.4, -0.2) is 22.6 Å². The molecule has 0 spiro atoms. The Labute approximate surface area is 109 Å². The van der Waals surface area contributed by atoms with Crippen LogP contribution in [0.25, 0.3) is 0 Å². The summed E-state index contributed by atoms with van der Waals surface area (Å²) in [6.45, 7) is 2.02. The number of alkyl halides is 3. The fourth-order valence-corrected chi connectivity index (χ4v) is 2.21. The molecule has 1 aliphatic carbocycles. The van der Waals surface area contributed by atoms with Gasteiger partial charge in [0.15, 0.2) is 5.69 Å². The minimum absolute atomic E-state index is 0.0251. The molecular weight excluding hydrogens is 257 g/mol. The fourth-order valence-electron chi connectivity index (χ4n) is 2.21. The van der Waals surface area contributed by atoms with Crippen molar-refractivity contribution in [2.75, 3.05) is 17.7 Å². The molecule has 1 aromatic rings. The Morgan fingerprint density at radius 1 is 1.32 bits per heavy atom. The number of nitrogens with zero attached hydrogens (tertiary/aromatic N) is 2. The van der Waals surface area contributed by atoms with E-state index in [1.165, 1.54) is 7.05 Å². The predicted octanol–water partition coefficient (Wildman–Crippen LogP) is 3.28. The van der Waals surface area contributed by atoms with Crippen molar-refractivity contribution < 1.29 is 13.2 Å². The van der Waals surface area contributed by atoms with Crippen LogP contribution in [0.5, 0.6) is 0 Å². The summed E-state index contributed by atoms with van der Waals surface area (Å²) in [6, 6.07) is 0.969. The number of nitrogens with one attached hydrogen (secondary N) is 2. The van der Waals surface area contributed by atoms with Gasteiger partial charge in [-0.2, -0.15) is 18.2 Å². The van der Waals surface area contributed by atoms with Crippen LogP contribution in [0.1, 0.15) is 38.3 Å². The molecule has 0 amide bonds. The lowest BCUT2D eigenvalue weighted by atomic mass is 9.75. The van der Waals surface area contributed by atoms with Gasteiger partial charge in [0.2, 0.25) is 5.95 Å². The molecule has 1 fully saturated rings. The summed E-state index contributed by atoms with van der Waals surface area (Å²) in [5.74, 6) is 0.205. The highest BCUT2D eigenvalue weighted by Crippen LogP contribution is 2.38. The van der Waals surface area contributed by atoms with E-state index in [0.29, 0.717) is 0 Å². The number of aromatic nitrogens is 2. The number of hydrogen-bond acceptors (Lipinski definition) is 4. The molecule has 0 aromatic carbocycles. The number of hydrogen-bond donors (Lipinski definition) is 2. The topological polar surface area (TPSA) is 49.8 Å². The molecule has 7 heteroatoms. The van der Waals surface area contributed by atoms with Crippen molar-refractivity contribution >= 4 is 11.8 Å². The first-order chi connectivity index (χ1) is 8.88. The summed E-state index contributed by atoms with van der Waals surface area (Å²) in [5, 5.41) is 5.70. The molecule has 106 valence electrons. The zero-order valence-corrected chi connectivity index (χ0v) is 10.9. The van der Waals surface area contributed by atoms with Gasteiger partial charge in [-0.1, -0.05) is 6.92 Å². The molecule has 1 saturated carbocycles. The maximum atomic E-state index is 12.7. The lowest BCUT2D eigenvalue weighted by molar-refractivity contribution is -0.141. The highest BCUT2D eigenvalue weighted by molar-refractivity contribution is 5.45. The molecule has 2 N–H and O–H groups in total. The van der Waals surface area contributed by atoms with Gasteiger partial charge in [0.05, 0.1) is 0 Å². The lowest BCUT2D eigenvalue weighted by Gasteiger charge is -2.42. The van der Waals surface area contributed by atoms with Gasteiger partial charge in [0.25, 0.3) is 0 Å². The van der Waals surface area contributed by atoms with Crippen molar-refractivity contribution in [2.45, 2.75) is 44.3 Å². The van der Waals surface area contributed by atoms with E-state index in [4.69, 9.17) is 0 Å². The second-order valence-corrected chi connectivity index (χ2v) is 4.82. The van der Waals surface area contributed by atoms with Crippen molar-refractivity contribution in [1.82, 2.24) is 9.97 Å². The third kappa shape index (κ3) is 2.90. The molecule has 4 nitrogen and oxygen atoms in total. The van der Waals surface area contributed by atoms with E-state index >= 15 is 0 Å². The van der Waals surface area contributed by atoms with E-state index in [-0.39, 0.29) is 17.3 Å². The van der Waals surface area contributed by atoms with Crippen molar-refractivity contribution in [1.29, 1.82) is 0 Å². The molecule has 0 aliphatic heterocycles. The SMILES string of the molecule is CCC1(Nc2cc(C(F)(F)F)nc(NC)n2)CCC1. The fraction of sp³-hybridized carbons (Fsp3) is 0.667. The monoisotopic (exact) mass is 274 g/mol. The number of halogens is 3. The Hall–Kier alpha value is -1.53. The third-order valence-corrected chi connectivity index (χ3v) is 3.62. The van der Waals surface area contributed by atoms with E-state index in [2.05, 4.69) is 20.6 Å². The first kappa shape index (κ1) is 13.9. The largest absolute Gasteiger partial charge is 0.433 e. The Morgan fingerprint density at radius 3 is 2.42 bits per heavy atom. The predicted molar refractivity (Wildman–Crippen MR) is 67.1 cm³/mol. The highest BCUT2D eigenvalue weighted by Gasteiger charge is 2.37. The smallest absolute Gasteiger partial charge is 0.364 e. The highest BCUT2D eigenvalue weighted by atomic mass is 19.4. The molecule has 0 unspecified atom stereocenters. The Morgan fingerprint density at radius 2 is 2.00 bits per heavy atom. The van der Waals surface area contributed by atoms with Gasteiger partial charge in [-0.15, -0.1) is 0 Å². The second kappa shape index (κ2) is 4.86. The summed E-state index contributed by atoms with van der Waals surface area (Å²) < 4.78 is 38.2. The van der Waals surface area contributed by atoms with Crippen LogP contribution in [0.15, 0.2) is 6.07 Å². The molecule has 1 aromatic heterocycles. The molecule has 0 atom stereocenters. The first-order valence-electron chi connectivity index (χ1n) is 6.31. The normalized spacial score (nSPS) is 17.7. The number of anilines is 2. The van der Waals surface area contributed by atoms with Gasteiger partial charge in [0.1, 0.15) is 5.82 Å². The Bertz CT molecular complexity index is 449. The summed E-state index contributed by atoms with van der Waals surface area (Å²) in [6.07, 6.45) is -0.582. The molecule has 2 rings (SSSR count). The minimum Gasteiger partial charge on any atom is -0.364 e. The Balaban J connectivity index is 2.29. The van der Waals surface area contributed by atoms with E-state index < -0.39 is 11.9 Å². The molecule has 0 bridgehead atoms. The van der Waals surface area contributed by atoms with E-state index in [1.54, 1.807) is 0 Å². The van der Waals surface area contributed by atoms with Gasteiger partial charge < -0.3 is 10.6 Å². The zero-order valence-electron chi connectivity index (χ0n) is 10.9. The van der Waals surface area contributed by atoms with Crippen LogP contribution >= 0.6 is 0 Å². The summed E-state index contributed by atoms with van der Waals surface area (Å²) >= 11 is 0. The van der Waals surface area contributed by atoms with Crippen LogP contribution in [0.2, 0.25) is 0 Å². The molecule has 0 radical (unpaired) electrons. The van der Waals surface area contributed by atoms with Crippen LogP contribution in [0.4, 0.5) is 24.9 Å². The molecule has 1 heterocycles. The van der Waals surface area contributed by atoms with Gasteiger partial charge in [0, 0.05) is 18.7 Å². The van der Waals surface area contributed by atoms with E-state index in [9.17, 15) is 13.2 Å². The molecule has 1 aliphatic rings. The van der Waals surface area contributed by atoms with Crippen molar-refractivity contribution in [3.8, 4) is 0 Å². The standard InChI is InChI=1S/C12H17F3N4/c1-3-11(5-4-6-11)19-9-7-8(12(13,14)15)17-10(16-2)18-9/h7H,3-6H2,1-2H3,(H2,16,17,18,19). The van der Waals surface area contributed by atoms with Crippen LogP contribution in [0, 0.1) is 0 Å². The molecule has 0 saturated heterocycles. The first-order valence-corrected chi connectivity index (χ1v) is 6.31. The third-order valence-electron chi connectivity index (χ3n) is 3.62. The Kier molecular flexibility index (Phi) is 3.56. The van der Waals surface area contributed by atoms with Crippen molar-refractivity contribution in [3.05, 3.63) is 11.8 Å². The van der Waals surface area contributed by atoms with Crippen LogP contribution in [0.3, 0.4) is 0 Å². The average Bonchev–Trinajstić information content (AvgIpc) is 2.32. The van der Waals surface area contributed by atoms with E-state index in [0.717, 1.165) is 31.7 Å².